The van der Waals surface area contributed by atoms with Gasteiger partial charge in [0.05, 0.1) is 21.3 Å². The fourth-order valence-corrected chi connectivity index (χ4v) is 3.46. The SMILES string of the molecule is CCCN(CCC)CCOc1ccc(CNC(=O)c2cc(OC)c(OC)c(OC)c2)cc1. The summed E-state index contributed by atoms with van der Waals surface area (Å²) in [5.41, 5.74) is 1.42. The Morgan fingerprint density at radius 1 is 0.875 bits per heavy atom. The quantitative estimate of drug-likeness (QED) is 0.472. The van der Waals surface area contributed by atoms with Crippen LogP contribution in [0.1, 0.15) is 42.6 Å². The Balaban J connectivity index is 1.90. The lowest BCUT2D eigenvalue weighted by atomic mass is 10.1. The molecule has 0 aliphatic heterocycles. The number of carbonyl (C=O) groups excluding carboxylic acids is 1. The minimum absolute atomic E-state index is 0.225. The summed E-state index contributed by atoms with van der Waals surface area (Å²) < 4.78 is 21.8. The van der Waals surface area contributed by atoms with E-state index in [4.69, 9.17) is 18.9 Å². The summed E-state index contributed by atoms with van der Waals surface area (Å²) in [6, 6.07) is 11.1. The molecule has 0 saturated heterocycles. The van der Waals surface area contributed by atoms with Gasteiger partial charge in [-0.3, -0.25) is 9.69 Å². The largest absolute Gasteiger partial charge is 0.493 e. The summed E-state index contributed by atoms with van der Waals surface area (Å²) in [5, 5.41) is 2.92. The number of carbonyl (C=O) groups is 1. The van der Waals surface area contributed by atoms with Crippen LogP contribution in [0.4, 0.5) is 0 Å². The van der Waals surface area contributed by atoms with Gasteiger partial charge >= 0.3 is 0 Å². The highest BCUT2D eigenvalue weighted by molar-refractivity contribution is 5.95. The number of benzene rings is 2. The van der Waals surface area contributed by atoms with Crippen LogP contribution in [0.25, 0.3) is 0 Å². The first-order valence-corrected chi connectivity index (χ1v) is 11.1. The van der Waals surface area contributed by atoms with E-state index in [1.165, 1.54) is 21.3 Å². The highest BCUT2D eigenvalue weighted by Gasteiger charge is 2.16. The van der Waals surface area contributed by atoms with E-state index >= 15 is 0 Å². The summed E-state index contributed by atoms with van der Waals surface area (Å²) in [6.45, 7) is 8.58. The topological polar surface area (TPSA) is 69.3 Å². The van der Waals surface area contributed by atoms with Crippen molar-refractivity contribution in [2.24, 2.45) is 0 Å². The first kappa shape index (κ1) is 25.3. The summed E-state index contributed by atoms with van der Waals surface area (Å²) in [4.78, 5) is 15.1. The molecular formula is C25H36N2O5. The van der Waals surface area contributed by atoms with E-state index in [9.17, 15) is 4.79 Å². The molecule has 2 aromatic carbocycles. The predicted octanol–water partition coefficient (Wildman–Crippen LogP) is 4.14. The second-order valence-corrected chi connectivity index (χ2v) is 7.43. The molecule has 0 spiro atoms. The van der Waals surface area contributed by atoms with Crippen molar-refractivity contribution < 1.29 is 23.7 Å². The molecule has 0 radical (unpaired) electrons. The van der Waals surface area contributed by atoms with Crippen LogP contribution in [0.5, 0.6) is 23.0 Å². The van der Waals surface area contributed by atoms with Gasteiger partial charge in [0, 0.05) is 18.7 Å². The molecule has 0 atom stereocenters. The molecule has 0 fully saturated rings. The Hall–Kier alpha value is -2.93. The van der Waals surface area contributed by atoms with Crippen LogP contribution >= 0.6 is 0 Å². The molecule has 176 valence electrons. The van der Waals surface area contributed by atoms with Crippen LogP contribution in [0.3, 0.4) is 0 Å². The highest BCUT2D eigenvalue weighted by Crippen LogP contribution is 2.38. The maximum absolute atomic E-state index is 12.6. The Morgan fingerprint density at radius 3 is 1.97 bits per heavy atom. The number of methoxy groups -OCH3 is 3. The van der Waals surface area contributed by atoms with Gasteiger partial charge in [0.2, 0.25) is 5.75 Å². The maximum atomic E-state index is 12.6. The Morgan fingerprint density at radius 2 is 1.47 bits per heavy atom. The molecule has 7 nitrogen and oxygen atoms in total. The Bertz CT molecular complexity index is 808. The molecule has 2 aromatic rings. The van der Waals surface area contributed by atoms with Crippen LogP contribution < -0.4 is 24.3 Å². The van der Waals surface area contributed by atoms with Crippen molar-refractivity contribution in [2.75, 3.05) is 47.6 Å². The van der Waals surface area contributed by atoms with Gasteiger partial charge in [-0.25, -0.2) is 0 Å². The van der Waals surface area contributed by atoms with Crippen molar-refractivity contribution >= 4 is 5.91 Å². The zero-order chi connectivity index (χ0) is 23.3. The van der Waals surface area contributed by atoms with Crippen LogP contribution in [0, 0.1) is 0 Å². The molecule has 2 rings (SSSR count). The van der Waals surface area contributed by atoms with E-state index in [0.717, 1.165) is 43.8 Å². The summed E-state index contributed by atoms with van der Waals surface area (Å²) in [7, 11) is 4.57. The monoisotopic (exact) mass is 444 g/mol. The van der Waals surface area contributed by atoms with Crippen LogP contribution in [0.15, 0.2) is 36.4 Å². The van der Waals surface area contributed by atoms with Crippen LogP contribution in [-0.2, 0) is 6.54 Å². The molecule has 0 saturated carbocycles. The average molecular weight is 445 g/mol. The molecule has 0 heterocycles. The molecular weight excluding hydrogens is 408 g/mol. The molecule has 1 amide bonds. The van der Waals surface area contributed by atoms with Gasteiger partial charge in [-0.15, -0.1) is 0 Å². The third-order valence-electron chi connectivity index (χ3n) is 5.06. The summed E-state index contributed by atoms with van der Waals surface area (Å²) >= 11 is 0. The average Bonchev–Trinajstić information content (AvgIpc) is 2.82. The van der Waals surface area contributed by atoms with Crippen LogP contribution in [-0.4, -0.2) is 58.4 Å². The lowest BCUT2D eigenvalue weighted by Gasteiger charge is -2.20. The van der Waals surface area contributed by atoms with E-state index in [0.29, 0.717) is 36.0 Å². The first-order valence-electron chi connectivity index (χ1n) is 11.1. The molecule has 0 aromatic heterocycles. The number of hydrogen-bond acceptors (Lipinski definition) is 6. The van der Waals surface area contributed by atoms with Crippen molar-refractivity contribution in [1.82, 2.24) is 10.2 Å². The minimum atomic E-state index is -0.225. The number of hydrogen-bond donors (Lipinski definition) is 1. The summed E-state index contributed by atoms with van der Waals surface area (Å²) in [5.74, 6) is 1.94. The van der Waals surface area contributed by atoms with Gasteiger partial charge < -0.3 is 24.3 Å². The highest BCUT2D eigenvalue weighted by atomic mass is 16.5. The molecule has 32 heavy (non-hydrogen) atoms. The van der Waals surface area contributed by atoms with Gasteiger partial charge in [0.25, 0.3) is 5.91 Å². The molecule has 7 heteroatoms. The van der Waals surface area contributed by atoms with E-state index in [1.54, 1.807) is 12.1 Å². The Labute approximate surface area is 191 Å². The van der Waals surface area contributed by atoms with Crippen molar-refractivity contribution in [3.05, 3.63) is 47.5 Å². The number of rotatable bonds is 14. The third-order valence-corrected chi connectivity index (χ3v) is 5.06. The fraction of sp³-hybridized carbons (Fsp3) is 0.480. The van der Waals surface area contributed by atoms with Gasteiger partial charge in [-0.05, 0) is 55.8 Å². The summed E-state index contributed by atoms with van der Waals surface area (Å²) in [6.07, 6.45) is 2.30. The zero-order valence-electron chi connectivity index (χ0n) is 19.9. The van der Waals surface area contributed by atoms with Gasteiger partial charge in [0.1, 0.15) is 12.4 Å². The predicted molar refractivity (Wildman–Crippen MR) is 126 cm³/mol. The number of nitrogens with zero attached hydrogens (tertiary/aromatic N) is 1. The van der Waals surface area contributed by atoms with Crippen molar-refractivity contribution in [2.45, 2.75) is 33.2 Å². The smallest absolute Gasteiger partial charge is 0.251 e. The van der Waals surface area contributed by atoms with Crippen molar-refractivity contribution in [1.29, 1.82) is 0 Å². The second kappa shape index (κ2) is 13.5. The van der Waals surface area contributed by atoms with Crippen molar-refractivity contribution in [3.8, 4) is 23.0 Å². The van der Waals surface area contributed by atoms with Crippen molar-refractivity contribution in [3.63, 3.8) is 0 Å². The third kappa shape index (κ3) is 7.34. The normalized spacial score (nSPS) is 10.7. The first-order chi connectivity index (χ1) is 15.6. The van der Waals surface area contributed by atoms with E-state index in [2.05, 4.69) is 24.1 Å². The fourth-order valence-electron chi connectivity index (χ4n) is 3.46. The van der Waals surface area contributed by atoms with E-state index < -0.39 is 0 Å². The van der Waals surface area contributed by atoms with Gasteiger partial charge in [-0.2, -0.15) is 0 Å². The second-order valence-electron chi connectivity index (χ2n) is 7.43. The molecule has 0 bridgehead atoms. The number of amides is 1. The Kier molecular flexibility index (Phi) is 10.7. The maximum Gasteiger partial charge on any atom is 0.251 e. The number of nitrogens with one attached hydrogen (secondary N) is 1. The standard InChI is InChI=1S/C25H36N2O5/c1-6-12-27(13-7-2)14-15-32-21-10-8-19(9-11-21)18-26-25(28)20-16-22(29-3)24(31-5)23(17-20)30-4/h8-11,16-17H,6-7,12-15,18H2,1-5H3,(H,26,28). The zero-order valence-corrected chi connectivity index (χ0v) is 19.9. The number of ether oxygens (including phenoxy) is 4. The van der Waals surface area contributed by atoms with Gasteiger partial charge in [-0.1, -0.05) is 26.0 Å². The van der Waals surface area contributed by atoms with E-state index in [1.807, 2.05) is 24.3 Å². The van der Waals surface area contributed by atoms with Crippen LogP contribution in [0.2, 0.25) is 0 Å². The van der Waals surface area contributed by atoms with Gasteiger partial charge in [0.15, 0.2) is 11.5 Å². The molecule has 0 aliphatic rings. The minimum Gasteiger partial charge on any atom is -0.493 e. The van der Waals surface area contributed by atoms with E-state index in [-0.39, 0.29) is 5.91 Å². The molecule has 1 N–H and O–H groups in total. The lowest BCUT2D eigenvalue weighted by molar-refractivity contribution is 0.0950. The lowest BCUT2D eigenvalue weighted by Crippen LogP contribution is -2.30. The molecule has 0 unspecified atom stereocenters. The molecule has 0 aliphatic carbocycles.